The molecule has 0 unspecified atom stereocenters. The summed E-state index contributed by atoms with van der Waals surface area (Å²) in [4.78, 5) is 9.83. The first-order valence-corrected chi connectivity index (χ1v) is 22.2. The second kappa shape index (κ2) is 16.6. The van der Waals surface area contributed by atoms with Crippen LogP contribution in [-0.4, -0.2) is 14.1 Å². The summed E-state index contributed by atoms with van der Waals surface area (Å²) in [6.07, 6.45) is 2.28. The van der Waals surface area contributed by atoms with Gasteiger partial charge >= 0.3 is 0 Å². The smallest absolute Gasteiger partial charge is 0.218 e. The number of anilines is 2. The van der Waals surface area contributed by atoms with Gasteiger partial charge in [-0.3, -0.25) is 4.57 Å². The summed E-state index contributed by atoms with van der Waals surface area (Å²) in [6, 6.07) is 60.7. The van der Waals surface area contributed by atoms with Crippen LogP contribution < -0.4 is 14.5 Å². The van der Waals surface area contributed by atoms with Crippen LogP contribution in [0.25, 0.3) is 55.6 Å². The van der Waals surface area contributed by atoms with E-state index in [1.54, 1.807) is 0 Å². The number of imidazole rings is 1. The Labute approximate surface area is 398 Å². The monoisotopic (exact) mass is 1030 g/mol. The molecule has 6 nitrogen and oxygen atoms in total. The molecule has 0 N–H and O–H groups in total. The molecule has 0 spiro atoms. The number of para-hydroxylation sites is 4. The average molecular weight is 1030 g/mol. The van der Waals surface area contributed by atoms with Crippen LogP contribution in [-0.2, 0) is 31.9 Å². The predicted molar refractivity (Wildman–Crippen MR) is 266 cm³/mol. The van der Waals surface area contributed by atoms with Gasteiger partial charge in [0.15, 0.2) is 0 Å². The van der Waals surface area contributed by atoms with Crippen molar-refractivity contribution in [2.24, 2.45) is 5.41 Å². The topological polar surface area (TPSA) is 38.5 Å². The molecule has 330 valence electrons. The van der Waals surface area contributed by atoms with E-state index < -0.39 is 0 Å². The second-order valence-corrected chi connectivity index (χ2v) is 20.0. The van der Waals surface area contributed by atoms with Crippen molar-refractivity contribution in [3.63, 3.8) is 0 Å². The predicted octanol–water partition coefficient (Wildman–Crippen LogP) is 15.1. The van der Waals surface area contributed by atoms with Crippen LogP contribution in [0, 0.1) is 24.2 Å². The molecule has 0 fully saturated rings. The van der Waals surface area contributed by atoms with Gasteiger partial charge in [-0.2, -0.15) is 6.07 Å². The summed E-state index contributed by atoms with van der Waals surface area (Å²) in [5, 5.41) is 2.18. The molecule has 0 aliphatic carbocycles. The molecule has 0 atom stereocenters. The molecular weight excluding hydrogens is 978 g/mol. The van der Waals surface area contributed by atoms with Crippen molar-refractivity contribution in [3.05, 3.63) is 193 Å². The first kappa shape index (κ1) is 43.9. The molecule has 0 bridgehead atoms. The SMILES string of the molecule is CC(C)(C)C1=CN(c2cc(C(C)(C)C)cc(C(C)(C)C)c2)[CH-]N1c1[c-]c(Oc2[c-]c3c(cc2)c2ccccc2n3-c2nc3ccccc3n2-c2ccccc2)cc(-c2ccccc2)c1.[Pt]. The van der Waals surface area contributed by atoms with Gasteiger partial charge in [0.2, 0.25) is 5.95 Å². The number of ether oxygens (including phenoxy) is 1. The van der Waals surface area contributed by atoms with E-state index in [4.69, 9.17) is 9.72 Å². The number of rotatable bonds is 7. The van der Waals surface area contributed by atoms with Crippen molar-refractivity contribution < 1.29 is 25.8 Å². The van der Waals surface area contributed by atoms with Gasteiger partial charge in [-0.25, -0.2) is 4.98 Å². The first-order chi connectivity index (χ1) is 30.6. The summed E-state index contributed by atoms with van der Waals surface area (Å²) < 4.78 is 11.4. The summed E-state index contributed by atoms with van der Waals surface area (Å²) in [5.74, 6) is 1.96. The zero-order valence-corrected chi connectivity index (χ0v) is 40.8. The number of fused-ring (bicyclic) bond motifs is 4. The van der Waals surface area contributed by atoms with Crippen molar-refractivity contribution in [1.82, 2.24) is 14.1 Å². The van der Waals surface area contributed by atoms with Gasteiger partial charge in [-0.05, 0) is 81.6 Å². The Morgan fingerprint density at radius 3 is 1.83 bits per heavy atom. The Morgan fingerprint density at radius 2 is 1.15 bits per heavy atom. The normalized spacial score (nSPS) is 13.5. The number of nitrogens with zero attached hydrogens (tertiary/aromatic N) is 5. The third kappa shape index (κ3) is 8.30. The minimum Gasteiger partial charge on any atom is -0.509 e. The van der Waals surface area contributed by atoms with Crippen LogP contribution in [0.4, 0.5) is 11.4 Å². The van der Waals surface area contributed by atoms with E-state index in [0.717, 1.165) is 72.7 Å². The van der Waals surface area contributed by atoms with Crippen LogP contribution in [0.2, 0.25) is 0 Å². The molecule has 0 saturated carbocycles. The van der Waals surface area contributed by atoms with E-state index in [1.165, 1.54) is 11.1 Å². The van der Waals surface area contributed by atoms with Gasteiger partial charge in [0.1, 0.15) is 0 Å². The third-order valence-corrected chi connectivity index (χ3v) is 12.2. The Balaban J connectivity index is 0.00000533. The van der Waals surface area contributed by atoms with E-state index >= 15 is 0 Å². The van der Waals surface area contributed by atoms with E-state index in [-0.39, 0.29) is 37.3 Å². The molecule has 7 aromatic carbocycles. The van der Waals surface area contributed by atoms with Gasteiger partial charge in [-0.15, -0.1) is 53.6 Å². The van der Waals surface area contributed by atoms with Gasteiger partial charge < -0.3 is 19.1 Å². The molecule has 2 aromatic heterocycles. The largest absolute Gasteiger partial charge is 0.509 e. The Morgan fingerprint density at radius 1 is 0.523 bits per heavy atom. The fraction of sp³-hybridized carbons (Fsp3) is 0.207. The summed E-state index contributed by atoms with van der Waals surface area (Å²) in [6.45, 7) is 22.7. The van der Waals surface area contributed by atoms with Crippen LogP contribution in [0.5, 0.6) is 11.5 Å². The van der Waals surface area contributed by atoms with E-state index in [1.807, 2.05) is 18.2 Å². The quantitative estimate of drug-likeness (QED) is 0.149. The second-order valence-electron chi connectivity index (χ2n) is 20.0. The van der Waals surface area contributed by atoms with Gasteiger partial charge in [0.05, 0.1) is 11.0 Å². The molecule has 7 heteroatoms. The van der Waals surface area contributed by atoms with E-state index in [0.29, 0.717) is 11.5 Å². The van der Waals surface area contributed by atoms with Crippen LogP contribution in [0.15, 0.2) is 164 Å². The maximum absolute atomic E-state index is 6.92. The van der Waals surface area contributed by atoms with Crippen LogP contribution in [0.1, 0.15) is 73.4 Å². The Kier molecular flexibility index (Phi) is 11.2. The number of allylic oxidation sites excluding steroid dienone is 1. The zero-order valence-electron chi connectivity index (χ0n) is 38.5. The molecule has 65 heavy (non-hydrogen) atoms. The van der Waals surface area contributed by atoms with E-state index in [9.17, 15) is 0 Å². The molecule has 10 rings (SSSR count). The maximum atomic E-state index is 6.92. The van der Waals surface area contributed by atoms with Crippen LogP contribution in [0.3, 0.4) is 0 Å². The maximum Gasteiger partial charge on any atom is 0.218 e. The number of hydrogen-bond donors (Lipinski definition) is 0. The van der Waals surface area contributed by atoms with E-state index in [2.05, 4.69) is 240 Å². The molecule has 0 radical (unpaired) electrons. The van der Waals surface area contributed by atoms with Crippen LogP contribution >= 0.6 is 0 Å². The standard InChI is InChI=1S/C58H54N5O.Pt/c1-56(2,3)41-32-42(57(4,5)6)34-44(33-41)60-37-54(58(7,8)9)61(38-60)45-30-40(39-20-12-10-13-21-39)31-47(35-45)64-46-28-29-49-48-24-16-18-26-51(48)63(53(49)36-46)55-59-50-25-17-19-27-52(50)62(55)43-22-14-11-15-23-43;/h10-34,37-38H,1-9H3;/q-3;. The summed E-state index contributed by atoms with van der Waals surface area (Å²) in [5.41, 5.74) is 12.6. The molecule has 1 aliphatic rings. The van der Waals surface area contributed by atoms with Crippen molar-refractivity contribution in [2.75, 3.05) is 9.80 Å². The molecule has 0 amide bonds. The summed E-state index contributed by atoms with van der Waals surface area (Å²) in [7, 11) is 0. The van der Waals surface area contributed by atoms with Gasteiger partial charge in [0.25, 0.3) is 0 Å². The molecule has 0 saturated heterocycles. The molecular formula is C58H54N5OPt-3. The zero-order chi connectivity index (χ0) is 44.5. The minimum atomic E-state index is -0.195. The average Bonchev–Trinajstić information content (AvgIpc) is 3.99. The van der Waals surface area contributed by atoms with Gasteiger partial charge in [-0.1, -0.05) is 153 Å². The molecule has 1 aliphatic heterocycles. The van der Waals surface area contributed by atoms with Crippen molar-refractivity contribution >= 4 is 44.2 Å². The fourth-order valence-corrected chi connectivity index (χ4v) is 8.69. The van der Waals surface area contributed by atoms with Crippen molar-refractivity contribution in [3.8, 4) is 34.3 Å². The van der Waals surface area contributed by atoms with Crippen molar-refractivity contribution in [2.45, 2.75) is 73.1 Å². The third-order valence-electron chi connectivity index (χ3n) is 12.2. The first-order valence-electron chi connectivity index (χ1n) is 22.2. The molecule has 9 aromatic rings. The number of benzene rings is 7. The summed E-state index contributed by atoms with van der Waals surface area (Å²) >= 11 is 0. The number of aromatic nitrogens is 3. The fourth-order valence-electron chi connectivity index (χ4n) is 8.69. The Bertz CT molecular complexity index is 3200. The van der Waals surface area contributed by atoms with Gasteiger partial charge in [0, 0.05) is 60.6 Å². The minimum absolute atomic E-state index is 0. The number of hydrogen-bond acceptors (Lipinski definition) is 4. The Hall–Kier alpha value is -6.36. The molecule has 3 heterocycles. The van der Waals surface area contributed by atoms with Crippen molar-refractivity contribution in [1.29, 1.82) is 0 Å².